The molecule has 2 aromatic rings. The summed E-state index contributed by atoms with van der Waals surface area (Å²) < 4.78 is 10.8. The minimum atomic E-state index is -1.01. The highest BCUT2D eigenvalue weighted by atomic mass is 16.5. The zero-order valence-electron chi connectivity index (χ0n) is 10.3. The summed E-state index contributed by atoms with van der Waals surface area (Å²) in [6, 6.07) is 5.40. The maximum atomic E-state index is 11.1. The van der Waals surface area contributed by atoms with Gasteiger partial charge in [-0.15, -0.1) is 0 Å². The molecule has 19 heavy (non-hydrogen) atoms. The number of ether oxygens (including phenoxy) is 2. The van der Waals surface area contributed by atoms with E-state index in [0.717, 1.165) is 5.56 Å². The summed E-state index contributed by atoms with van der Waals surface area (Å²) in [5, 5.41) is 15.8. The summed E-state index contributed by atoms with van der Waals surface area (Å²) in [7, 11) is 1.58. The summed E-state index contributed by atoms with van der Waals surface area (Å²) >= 11 is 0. The van der Waals surface area contributed by atoms with Crippen LogP contribution < -0.4 is 9.47 Å². The topological polar surface area (TPSA) is 84.4 Å². The van der Waals surface area contributed by atoms with E-state index in [9.17, 15) is 4.79 Å². The van der Waals surface area contributed by atoms with Gasteiger partial charge in [-0.3, -0.25) is 5.10 Å². The quantitative estimate of drug-likeness (QED) is 0.858. The molecule has 6 heteroatoms. The average Bonchev–Trinajstić information content (AvgIpc) is 2.74. The van der Waals surface area contributed by atoms with Crippen LogP contribution in [-0.2, 0) is 6.42 Å². The molecule has 2 N–H and O–H groups in total. The zero-order chi connectivity index (χ0) is 13.4. The second kappa shape index (κ2) is 4.31. The SMILES string of the molecule is COc1ccc2c(c1)OCCc1c-2n[nH]c1C(=O)O. The number of aromatic nitrogens is 2. The van der Waals surface area contributed by atoms with Gasteiger partial charge in [0, 0.05) is 23.6 Å². The molecule has 1 aliphatic rings. The number of aromatic amines is 1. The Balaban J connectivity index is 2.17. The third kappa shape index (κ3) is 1.81. The van der Waals surface area contributed by atoms with Crippen LogP contribution in [0.1, 0.15) is 16.1 Å². The van der Waals surface area contributed by atoms with E-state index < -0.39 is 5.97 Å². The van der Waals surface area contributed by atoms with Crippen LogP contribution in [0.4, 0.5) is 0 Å². The van der Waals surface area contributed by atoms with Crippen LogP contribution in [-0.4, -0.2) is 35.0 Å². The Morgan fingerprint density at radius 1 is 1.53 bits per heavy atom. The Kier molecular flexibility index (Phi) is 2.63. The number of nitrogens with one attached hydrogen (secondary N) is 1. The number of aromatic carboxylic acids is 1. The molecule has 0 unspecified atom stereocenters. The first-order valence-corrected chi connectivity index (χ1v) is 5.82. The van der Waals surface area contributed by atoms with Gasteiger partial charge in [-0.05, 0) is 12.1 Å². The summed E-state index contributed by atoms with van der Waals surface area (Å²) in [6.07, 6.45) is 0.504. The van der Waals surface area contributed by atoms with Gasteiger partial charge in [-0.1, -0.05) is 0 Å². The number of H-pyrrole nitrogens is 1. The first-order chi connectivity index (χ1) is 9.20. The Morgan fingerprint density at radius 3 is 3.11 bits per heavy atom. The molecule has 1 aromatic heterocycles. The molecular formula is C13H12N2O4. The van der Waals surface area contributed by atoms with Gasteiger partial charge in [0.15, 0.2) is 0 Å². The second-order valence-corrected chi connectivity index (χ2v) is 4.19. The molecule has 0 aliphatic carbocycles. The summed E-state index contributed by atoms with van der Waals surface area (Å²) in [5.41, 5.74) is 2.21. The monoisotopic (exact) mass is 260 g/mol. The first-order valence-electron chi connectivity index (χ1n) is 5.82. The van der Waals surface area contributed by atoms with Gasteiger partial charge in [-0.25, -0.2) is 4.79 Å². The van der Waals surface area contributed by atoms with E-state index in [1.807, 2.05) is 6.07 Å². The number of nitrogens with zero attached hydrogens (tertiary/aromatic N) is 1. The minimum Gasteiger partial charge on any atom is -0.497 e. The van der Waals surface area contributed by atoms with Crippen LogP contribution in [0, 0.1) is 0 Å². The minimum absolute atomic E-state index is 0.127. The van der Waals surface area contributed by atoms with Crippen LogP contribution in [0.15, 0.2) is 18.2 Å². The van der Waals surface area contributed by atoms with E-state index in [1.54, 1.807) is 19.2 Å². The molecular weight excluding hydrogens is 248 g/mol. The van der Waals surface area contributed by atoms with Gasteiger partial charge < -0.3 is 14.6 Å². The Labute approximate surface area is 109 Å². The molecule has 6 nitrogen and oxygen atoms in total. The van der Waals surface area contributed by atoms with E-state index in [2.05, 4.69) is 10.2 Å². The van der Waals surface area contributed by atoms with Crippen molar-refractivity contribution >= 4 is 5.97 Å². The van der Waals surface area contributed by atoms with Crippen molar-refractivity contribution in [3.05, 3.63) is 29.5 Å². The van der Waals surface area contributed by atoms with Gasteiger partial charge >= 0.3 is 5.97 Å². The lowest BCUT2D eigenvalue weighted by Gasteiger charge is -2.08. The van der Waals surface area contributed by atoms with Crippen LogP contribution in [0.3, 0.4) is 0 Å². The third-order valence-corrected chi connectivity index (χ3v) is 3.13. The van der Waals surface area contributed by atoms with Crippen molar-refractivity contribution in [2.45, 2.75) is 6.42 Å². The fourth-order valence-corrected chi connectivity index (χ4v) is 2.22. The predicted octanol–water partition coefficient (Wildman–Crippen LogP) is 1.72. The number of rotatable bonds is 2. The van der Waals surface area contributed by atoms with Crippen LogP contribution in [0.25, 0.3) is 11.3 Å². The predicted molar refractivity (Wildman–Crippen MR) is 66.7 cm³/mol. The normalized spacial score (nSPS) is 12.9. The highest BCUT2D eigenvalue weighted by molar-refractivity contribution is 5.90. The Morgan fingerprint density at radius 2 is 2.37 bits per heavy atom. The second-order valence-electron chi connectivity index (χ2n) is 4.19. The fraction of sp³-hybridized carbons (Fsp3) is 0.231. The van der Waals surface area contributed by atoms with Gasteiger partial charge in [0.25, 0.3) is 0 Å². The lowest BCUT2D eigenvalue weighted by Crippen LogP contribution is -2.05. The van der Waals surface area contributed by atoms with Crippen LogP contribution in [0.2, 0.25) is 0 Å². The maximum Gasteiger partial charge on any atom is 0.354 e. The summed E-state index contributed by atoms with van der Waals surface area (Å²) in [4.78, 5) is 11.1. The Hall–Kier alpha value is -2.50. The van der Waals surface area contributed by atoms with E-state index in [0.29, 0.717) is 35.8 Å². The first kappa shape index (κ1) is 11.6. The molecule has 0 fully saturated rings. The van der Waals surface area contributed by atoms with Crippen molar-refractivity contribution < 1.29 is 19.4 Å². The van der Waals surface area contributed by atoms with Gasteiger partial charge in [0.2, 0.25) is 0 Å². The number of benzene rings is 1. The number of fused-ring (bicyclic) bond motifs is 3. The highest BCUT2D eigenvalue weighted by Gasteiger charge is 2.24. The van der Waals surface area contributed by atoms with Gasteiger partial charge in [-0.2, -0.15) is 5.10 Å². The van der Waals surface area contributed by atoms with E-state index in [-0.39, 0.29) is 5.69 Å². The highest BCUT2D eigenvalue weighted by Crippen LogP contribution is 2.37. The molecule has 0 saturated carbocycles. The van der Waals surface area contributed by atoms with E-state index in [1.165, 1.54) is 0 Å². The van der Waals surface area contributed by atoms with Crippen molar-refractivity contribution in [3.63, 3.8) is 0 Å². The molecule has 0 saturated heterocycles. The lowest BCUT2D eigenvalue weighted by molar-refractivity contribution is 0.0689. The number of carboxylic acid groups (broad SMARTS) is 1. The van der Waals surface area contributed by atoms with Gasteiger partial charge in [0.05, 0.1) is 19.4 Å². The molecule has 1 aliphatic heterocycles. The molecule has 0 atom stereocenters. The van der Waals surface area contributed by atoms with Crippen molar-refractivity contribution in [3.8, 4) is 22.8 Å². The number of carboxylic acids is 1. The van der Waals surface area contributed by atoms with Gasteiger partial charge in [0.1, 0.15) is 17.2 Å². The lowest BCUT2D eigenvalue weighted by atomic mass is 10.0. The molecule has 0 amide bonds. The standard InChI is InChI=1S/C13H12N2O4/c1-18-7-2-3-8-10(6-7)19-5-4-9-11(8)14-15-12(9)13(16)17/h2-3,6H,4-5H2,1H3,(H,14,15)(H,16,17). The molecule has 3 rings (SSSR count). The van der Waals surface area contributed by atoms with E-state index >= 15 is 0 Å². The zero-order valence-corrected chi connectivity index (χ0v) is 10.3. The molecule has 0 radical (unpaired) electrons. The van der Waals surface area contributed by atoms with Crippen molar-refractivity contribution in [1.29, 1.82) is 0 Å². The molecule has 0 bridgehead atoms. The van der Waals surface area contributed by atoms with Crippen molar-refractivity contribution in [2.75, 3.05) is 13.7 Å². The molecule has 1 aromatic carbocycles. The van der Waals surface area contributed by atoms with Crippen LogP contribution >= 0.6 is 0 Å². The van der Waals surface area contributed by atoms with Crippen molar-refractivity contribution in [2.24, 2.45) is 0 Å². The number of hydrogen-bond donors (Lipinski definition) is 2. The summed E-state index contributed by atoms with van der Waals surface area (Å²) in [6.45, 7) is 0.410. The summed E-state index contributed by atoms with van der Waals surface area (Å²) in [5.74, 6) is 0.337. The van der Waals surface area contributed by atoms with Crippen molar-refractivity contribution in [1.82, 2.24) is 10.2 Å². The number of methoxy groups -OCH3 is 1. The average molecular weight is 260 g/mol. The number of hydrogen-bond acceptors (Lipinski definition) is 4. The van der Waals surface area contributed by atoms with Crippen LogP contribution in [0.5, 0.6) is 11.5 Å². The molecule has 0 spiro atoms. The molecule has 2 heterocycles. The molecule has 98 valence electrons. The smallest absolute Gasteiger partial charge is 0.354 e. The Bertz CT molecular complexity index is 648. The third-order valence-electron chi connectivity index (χ3n) is 3.13. The largest absolute Gasteiger partial charge is 0.497 e. The fourth-order valence-electron chi connectivity index (χ4n) is 2.22. The van der Waals surface area contributed by atoms with E-state index in [4.69, 9.17) is 14.6 Å². The maximum absolute atomic E-state index is 11.1. The number of carbonyl (C=O) groups is 1.